The van der Waals surface area contributed by atoms with E-state index in [-0.39, 0.29) is 5.91 Å². The number of halogens is 1. The molecule has 0 aliphatic rings. The van der Waals surface area contributed by atoms with Gasteiger partial charge in [-0.15, -0.1) is 27.8 Å². The summed E-state index contributed by atoms with van der Waals surface area (Å²) >= 11 is 6.36. The number of hydrogen-bond donors (Lipinski definition) is 2. The molecule has 0 unspecified atom stereocenters. The Morgan fingerprint density at radius 2 is 2.19 bits per heavy atom. The van der Waals surface area contributed by atoms with Crippen LogP contribution in [0, 0.1) is 0 Å². The average molecular weight is 383 g/mol. The van der Waals surface area contributed by atoms with Gasteiger partial charge in [-0.1, -0.05) is 0 Å². The molecule has 0 radical (unpaired) electrons. The first-order valence-electron chi connectivity index (χ1n) is 6.17. The van der Waals surface area contributed by atoms with Crippen LogP contribution < -0.4 is 11.1 Å². The number of nitrogens with two attached hydrogens (primary N) is 1. The number of nitrogen functional groups attached to an aromatic ring is 1. The molecule has 0 atom stereocenters. The lowest BCUT2D eigenvalue weighted by atomic mass is 10.2. The van der Waals surface area contributed by atoms with Crippen LogP contribution in [0.3, 0.4) is 0 Å². The van der Waals surface area contributed by atoms with Gasteiger partial charge in [0.25, 0.3) is 5.91 Å². The standard InChI is InChI=1S/C13H11BrN4OS2/c14-9-2-1-7(20-9)3-5-16-12(19)11-10(15)8-4-6-17-18-13(8)21-11/h1-2,4,6H,3,5,15H2,(H,16,19). The molecule has 1 amide bonds. The third kappa shape index (κ3) is 3.07. The van der Waals surface area contributed by atoms with Gasteiger partial charge in [-0.05, 0) is 40.5 Å². The molecule has 0 saturated carbocycles. The molecular weight excluding hydrogens is 372 g/mol. The zero-order valence-electron chi connectivity index (χ0n) is 10.8. The molecule has 0 aliphatic heterocycles. The maximum absolute atomic E-state index is 12.2. The Kier molecular flexibility index (Phi) is 4.18. The van der Waals surface area contributed by atoms with E-state index in [1.165, 1.54) is 16.2 Å². The number of nitrogens with one attached hydrogen (secondary N) is 1. The number of carbonyl (C=O) groups is 1. The average Bonchev–Trinajstić information content (AvgIpc) is 3.03. The number of thiophene rings is 2. The summed E-state index contributed by atoms with van der Waals surface area (Å²) in [5, 5.41) is 11.5. The first-order valence-corrected chi connectivity index (χ1v) is 8.60. The third-order valence-electron chi connectivity index (χ3n) is 2.91. The van der Waals surface area contributed by atoms with Crippen molar-refractivity contribution in [2.24, 2.45) is 0 Å². The van der Waals surface area contributed by atoms with Crippen LogP contribution in [0.4, 0.5) is 5.69 Å². The SMILES string of the molecule is Nc1c(C(=O)NCCc2ccc(Br)s2)sc2nnccc12. The molecule has 0 bridgehead atoms. The second-order valence-electron chi connectivity index (χ2n) is 4.31. The molecule has 0 aliphatic carbocycles. The minimum absolute atomic E-state index is 0.161. The van der Waals surface area contributed by atoms with Crippen molar-refractivity contribution < 1.29 is 4.79 Å². The van der Waals surface area contributed by atoms with Gasteiger partial charge in [-0.2, -0.15) is 5.10 Å². The van der Waals surface area contributed by atoms with Crippen molar-refractivity contribution in [1.82, 2.24) is 15.5 Å². The lowest BCUT2D eigenvalue weighted by Gasteiger charge is -2.03. The minimum Gasteiger partial charge on any atom is -0.397 e. The van der Waals surface area contributed by atoms with Crippen molar-refractivity contribution >= 4 is 60.4 Å². The molecule has 0 aromatic carbocycles. The molecule has 21 heavy (non-hydrogen) atoms. The number of carbonyl (C=O) groups excluding carboxylic acids is 1. The van der Waals surface area contributed by atoms with Gasteiger partial charge < -0.3 is 11.1 Å². The van der Waals surface area contributed by atoms with Gasteiger partial charge >= 0.3 is 0 Å². The van der Waals surface area contributed by atoms with Gasteiger partial charge in [0.2, 0.25) is 0 Å². The molecule has 108 valence electrons. The van der Waals surface area contributed by atoms with E-state index >= 15 is 0 Å². The number of rotatable bonds is 4. The molecule has 0 saturated heterocycles. The van der Waals surface area contributed by atoms with Crippen LogP contribution in [-0.4, -0.2) is 22.6 Å². The van der Waals surface area contributed by atoms with E-state index in [2.05, 4.69) is 31.4 Å². The maximum atomic E-state index is 12.2. The summed E-state index contributed by atoms with van der Waals surface area (Å²) in [6.07, 6.45) is 2.37. The van der Waals surface area contributed by atoms with Crippen molar-refractivity contribution in [2.45, 2.75) is 6.42 Å². The van der Waals surface area contributed by atoms with Crippen LogP contribution in [0.1, 0.15) is 14.5 Å². The Bertz CT molecular complexity index is 798. The predicted octanol–water partition coefficient (Wildman–Crippen LogP) is 3.07. The van der Waals surface area contributed by atoms with Gasteiger partial charge in [-0.25, -0.2) is 0 Å². The maximum Gasteiger partial charge on any atom is 0.263 e. The van der Waals surface area contributed by atoms with Crippen LogP contribution in [0.2, 0.25) is 0 Å². The Hall–Kier alpha value is -1.51. The fraction of sp³-hybridized carbons (Fsp3) is 0.154. The highest BCUT2D eigenvalue weighted by atomic mass is 79.9. The van der Waals surface area contributed by atoms with E-state index in [1.807, 2.05) is 12.1 Å². The largest absolute Gasteiger partial charge is 0.397 e. The van der Waals surface area contributed by atoms with E-state index in [1.54, 1.807) is 23.6 Å². The van der Waals surface area contributed by atoms with Crippen LogP contribution in [-0.2, 0) is 6.42 Å². The van der Waals surface area contributed by atoms with E-state index < -0.39 is 0 Å². The lowest BCUT2D eigenvalue weighted by Crippen LogP contribution is -2.25. The van der Waals surface area contributed by atoms with Gasteiger partial charge in [-0.3, -0.25) is 4.79 Å². The molecule has 3 aromatic rings. The van der Waals surface area contributed by atoms with E-state index in [0.717, 1.165) is 15.6 Å². The van der Waals surface area contributed by atoms with Gasteiger partial charge in [0.1, 0.15) is 9.71 Å². The van der Waals surface area contributed by atoms with Crippen LogP contribution >= 0.6 is 38.6 Å². The molecule has 8 heteroatoms. The minimum atomic E-state index is -0.161. The molecular formula is C13H11BrN4OS2. The zero-order valence-corrected chi connectivity index (χ0v) is 14.0. The summed E-state index contributed by atoms with van der Waals surface area (Å²) in [6, 6.07) is 5.82. The van der Waals surface area contributed by atoms with E-state index in [9.17, 15) is 4.79 Å². The Morgan fingerprint density at radius 3 is 2.90 bits per heavy atom. The highest BCUT2D eigenvalue weighted by Crippen LogP contribution is 2.31. The first kappa shape index (κ1) is 14.4. The molecule has 3 aromatic heterocycles. The van der Waals surface area contributed by atoms with Gasteiger partial charge in [0.15, 0.2) is 0 Å². The number of aromatic nitrogens is 2. The number of nitrogens with zero attached hydrogens (tertiary/aromatic N) is 2. The molecule has 0 fully saturated rings. The second-order valence-corrected chi connectivity index (χ2v) is 7.85. The highest BCUT2D eigenvalue weighted by Gasteiger charge is 2.16. The number of fused-ring (bicyclic) bond motifs is 1. The molecule has 3 N–H and O–H groups in total. The molecule has 3 rings (SSSR count). The summed E-state index contributed by atoms with van der Waals surface area (Å²) in [4.78, 5) is 14.6. The molecule has 5 nitrogen and oxygen atoms in total. The highest BCUT2D eigenvalue weighted by molar-refractivity contribution is 9.11. The van der Waals surface area contributed by atoms with E-state index in [4.69, 9.17) is 5.73 Å². The van der Waals surface area contributed by atoms with Crippen molar-refractivity contribution in [1.29, 1.82) is 0 Å². The predicted molar refractivity (Wildman–Crippen MR) is 89.9 cm³/mol. The summed E-state index contributed by atoms with van der Waals surface area (Å²) in [5.74, 6) is -0.161. The second kappa shape index (κ2) is 6.08. The van der Waals surface area contributed by atoms with Crippen molar-refractivity contribution in [3.63, 3.8) is 0 Å². The smallest absolute Gasteiger partial charge is 0.263 e. The zero-order chi connectivity index (χ0) is 14.8. The van der Waals surface area contributed by atoms with Gasteiger partial charge in [0, 0.05) is 16.8 Å². The Morgan fingerprint density at radius 1 is 1.33 bits per heavy atom. The lowest BCUT2D eigenvalue weighted by molar-refractivity contribution is 0.0959. The van der Waals surface area contributed by atoms with Crippen molar-refractivity contribution in [2.75, 3.05) is 12.3 Å². The molecule has 0 spiro atoms. The topological polar surface area (TPSA) is 80.9 Å². The summed E-state index contributed by atoms with van der Waals surface area (Å²) in [5.41, 5.74) is 6.48. The number of anilines is 1. The monoisotopic (exact) mass is 382 g/mol. The number of amides is 1. The summed E-state index contributed by atoms with van der Waals surface area (Å²) < 4.78 is 1.09. The number of hydrogen-bond acceptors (Lipinski definition) is 6. The Labute approximate surface area is 137 Å². The normalized spacial score (nSPS) is 10.9. The fourth-order valence-corrected chi connectivity index (χ4v) is 4.34. The van der Waals surface area contributed by atoms with Crippen molar-refractivity contribution in [3.8, 4) is 0 Å². The fourth-order valence-electron chi connectivity index (χ4n) is 1.91. The third-order valence-corrected chi connectivity index (χ3v) is 5.70. The summed E-state index contributed by atoms with van der Waals surface area (Å²) in [6.45, 7) is 0.575. The summed E-state index contributed by atoms with van der Waals surface area (Å²) in [7, 11) is 0. The molecule has 3 heterocycles. The van der Waals surface area contributed by atoms with Gasteiger partial charge in [0.05, 0.1) is 15.7 Å². The van der Waals surface area contributed by atoms with Crippen LogP contribution in [0.15, 0.2) is 28.2 Å². The van der Waals surface area contributed by atoms with E-state index in [0.29, 0.717) is 21.9 Å². The Balaban J connectivity index is 1.68. The first-order chi connectivity index (χ1) is 10.1. The van der Waals surface area contributed by atoms with Crippen molar-refractivity contribution in [3.05, 3.63) is 37.9 Å². The quantitative estimate of drug-likeness (QED) is 0.726. The van der Waals surface area contributed by atoms with Crippen LogP contribution in [0.25, 0.3) is 10.2 Å². The van der Waals surface area contributed by atoms with Crippen LogP contribution in [0.5, 0.6) is 0 Å².